The molecule has 6 heteroatoms. The lowest BCUT2D eigenvalue weighted by atomic mass is 10.3. The van der Waals surface area contributed by atoms with E-state index in [0.717, 1.165) is 45.2 Å². The molecule has 0 aliphatic heterocycles. The molecular weight excluding hydrogens is 386 g/mol. The average molecular weight is 422 g/mol. The van der Waals surface area contributed by atoms with Crippen molar-refractivity contribution in [2.24, 2.45) is 0 Å². The standard InChI is InChI=1S/C23H35NO4S/c1-4-7-17-24(18-8-5-2)19-13-16-22(23(25)28-20-9-6-3)29(26,27)21-14-11-10-12-15-21/h10-16,19H,4-9,17-18,20H2,1-3H3/b19-13+,22-16+. The highest BCUT2D eigenvalue weighted by Crippen LogP contribution is 2.20. The largest absolute Gasteiger partial charge is 0.462 e. The number of nitrogens with zero attached hydrogens (tertiary/aromatic N) is 1. The molecule has 0 amide bonds. The number of sulfone groups is 1. The number of carbonyl (C=O) groups excluding carboxylic acids is 1. The lowest BCUT2D eigenvalue weighted by molar-refractivity contribution is -0.138. The van der Waals surface area contributed by atoms with Gasteiger partial charge in [0.15, 0.2) is 4.91 Å². The molecule has 1 aromatic rings. The van der Waals surface area contributed by atoms with Crippen LogP contribution >= 0.6 is 0 Å². The Balaban J connectivity index is 3.13. The minimum atomic E-state index is -3.95. The SMILES string of the molecule is CCCCOC(=O)/C(=C\C=C\N(CCCC)CCCC)S(=O)(=O)c1ccccc1. The Morgan fingerprint density at radius 3 is 2.10 bits per heavy atom. The minimum absolute atomic E-state index is 0.0842. The number of hydrogen-bond donors (Lipinski definition) is 0. The molecule has 0 spiro atoms. The van der Waals surface area contributed by atoms with E-state index in [-0.39, 0.29) is 16.4 Å². The third kappa shape index (κ3) is 8.86. The molecule has 1 rings (SSSR count). The number of allylic oxidation sites excluding steroid dienone is 2. The van der Waals surface area contributed by atoms with Gasteiger partial charge in [-0.3, -0.25) is 0 Å². The molecule has 0 bridgehead atoms. The second kappa shape index (κ2) is 14.0. The van der Waals surface area contributed by atoms with Crippen molar-refractivity contribution in [1.29, 1.82) is 0 Å². The van der Waals surface area contributed by atoms with Gasteiger partial charge >= 0.3 is 5.97 Å². The molecule has 0 aromatic heterocycles. The van der Waals surface area contributed by atoms with Gasteiger partial charge in [-0.05, 0) is 49.7 Å². The fourth-order valence-corrected chi connectivity index (χ4v) is 3.92. The Morgan fingerprint density at radius 1 is 0.966 bits per heavy atom. The molecule has 0 saturated carbocycles. The Bertz CT molecular complexity index is 746. The molecule has 1 aromatic carbocycles. The predicted octanol–water partition coefficient (Wildman–Crippen LogP) is 5.10. The Kier molecular flexibility index (Phi) is 12.0. The van der Waals surface area contributed by atoms with Gasteiger partial charge < -0.3 is 9.64 Å². The summed E-state index contributed by atoms with van der Waals surface area (Å²) in [6.45, 7) is 8.27. The van der Waals surface area contributed by atoms with Crippen LogP contribution in [0.4, 0.5) is 0 Å². The maximum absolute atomic E-state index is 13.0. The summed E-state index contributed by atoms with van der Waals surface area (Å²) in [5, 5.41) is 0. The summed E-state index contributed by atoms with van der Waals surface area (Å²) >= 11 is 0. The topological polar surface area (TPSA) is 63.7 Å². The van der Waals surface area contributed by atoms with Crippen LogP contribution in [-0.2, 0) is 19.4 Å². The van der Waals surface area contributed by atoms with E-state index in [1.54, 1.807) is 24.3 Å². The summed E-state index contributed by atoms with van der Waals surface area (Å²) in [5.74, 6) is -0.805. The van der Waals surface area contributed by atoms with Crippen LogP contribution in [-0.4, -0.2) is 39.0 Å². The van der Waals surface area contributed by atoms with Crippen molar-refractivity contribution in [2.75, 3.05) is 19.7 Å². The summed E-state index contributed by atoms with van der Waals surface area (Å²) in [5.41, 5.74) is 0. The first-order valence-electron chi connectivity index (χ1n) is 10.6. The van der Waals surface area contributed by atoms with E-state index in [1.165, 1.54) is 18.2 Å². The number of carbonyl (C=O) groups is 1. The zero-order valence-corrected chi connectivity index (χ0v) is 18.8. The van der Waals surface area contributed by atoms with Gasteiger partial charge in [-0.15, -0.1) is 0 Å². The number of esters is 1. The van der Waals surface area contributed by atoms with Crippen molar-refractivity contribution in [3.63, 3.8) is 0 Å². The van der Waals surface area contributed by atoms with Crippen molar-refractivity contribution >= 4 is 15.8 Å². The van der Waals surface area contributed by atoms with E-state index in [0.29, 0.717) is 6.42 Å². The average Bonchev–Trinajstić information content (AvgIpc) is 2.73. The van der Waals surface area contributed by atoms with E-state index in [4.69, 9.17) is 4.74 Å². The van der Waals surface area contributed by atoms with E-state index in [1.807, 2.05) is 13.1 Å². The van der Waals surface area contributed by atoms with E-state index in [2.05, 4.69) is 18.7 Å². The molecule has 0 unspecified atom stereocenters. The summed E-state index contributed by atoms with van der Waals surface area (Å²) in [7, 11) is -3.95. The molecule has 0 saturated heterocycles. The van der Waals surface area contributed by atoms with Crippen LogP contribution in [0.2, 0.25) is 0 Å². The quantitative estimate of drug-likeness (QED) is 0.181. The van der Waals surface area contributed by atoms with Crippen LogP contribution in [0, 0.1) is 0 Å². The first-order valence-corrected chi connectivity index (χ1v) is 12.0. The second-order valence-corrected chi connectivity index (χ2v) is 8.84. The van der Waals surface area contributed by atoms with Crippen LogP contribution in [0.1, 0.15) is 59.3 Å². The summed E-state index contributed by atoms with van der Waals surface area (Å²) < 4.78 is 31.2. The van der Waals surface area contributed by atoms with E-state index < -0.39 is 15.8 Å². The normalized spacial score (nSPS) is 12.3. The second-order valence-electron chi connectivity index (χ2n) is 6.92. The van der Waals surface area contributed by atoms with Crippen LogP contribution in [0.3, 0.4) is 0 Å². The lowest BCUT2D eigenvalue weighted by Gasteiger charge is -2.19. The lowest BCUT2D eigenvalue weighted by Crippen LogP contribution is -2.20. The molecule has 0 aliphatic rings. The zero-order chi connectivity index (χ0) is 21.5. The van der Waals surface area contributed by atoms with Crippen molar-refractivity contribution in [1.82, 2.24) is 4.90 Å². The van der Waals surface area contributed by atoms with Gasteiger partial charge in [-0.2, -0.15) is 0 Å². The number of benzene rings is 1. The highest BCUT2D eigenvalue weighted by molar-refractivity contribution is 7.96. The monoisotopic (exact) mass is 421 g/mol. The van der Waals surface area contributed by atoms with Gasteiger partial charge in [-0.25, -0.2) is 13.2 Å². The fourth-order valence-electron chi connectivity index (χ4n) is 2.61. The fraction of sp³-hybridized carbons (Fsp3) is 0.522. The van der Waals surface area contributed by atoms with Gasteiger partial charge in [0, 0.05) is 13.1 Å². The number of unbranched alkanes of at least 4 members (excludes halogenated alkanes) is 3. The summed E-state index contributed by atoms with van der Waals surface area (Å²) in [4.78, 5) is 14.5. The third-order valence-electron chi connectivity index (χ3n) is 4.42. The minimum Gasteiger partial charge on any atom is -0.462 e. The number of ether oxygens (including phenoxy) is 1. The molecule has 162 valence electrons. The first kappa shape index (κ1) is 25.0. The molecule has 0 aliphatic carbocycles. The van der Waals surface area contributed by atoms with Gasteiger partial charge in [0.05, 0.1) is 11.5 Å². The number of rotatable bonds is 14. The van der Waals surface area contributed by atoms with Crippen LogP contribution in [0.15, 0.2) is 58.5 Å². The van der Waals surface area contributed by atoms with Gasteiger partial charge in [0.1, 0.15) is 0 Å². The molecule has 5 nitrogen and oxygen atoms in total. The maximum Gasteiger partial charge on any atom is 0.350 e. The molecule has 0 heterocycles. The highest BCUT2D eigenvalue weighted by atomic mass is 32.2. The Hall–Kier alpha value is -2.08. The molecule has 0 fully saturated rings. The molecule has 0 atom stereocenters. The van der Waals surface area contributed by atoms with Gasteiger partial charge in [0.2, 0.25) is 9.84 Å². The first-order chi connectivity index (χ1) is 14.0. The molecular formula is C23H35NO4S. The Morgan fingerprint density at radius 2 is 1.55 bits per heavy atom. The van der Waals surface area contributed by atoms with Crippen molar-refractivity contribution < 1.29 is 17.9 Å². The van der Waals surface area contributed by atoms with Crippen molar-refractivity contribution in [3.05, 3.63) is 53.6 Å². The highest BCUT2D eigenvalue weighted by Gasteiger charge is 2.27. The summed E-state index contributed by atoms with van der Waals surface area (Å²) in [6, 6.07) is 7.99. The van der Waals surface area contributed by atoms with Gasteiger partial charge in [0.25, 0.3) is 0 Å². The molecule has 0 radical (unpaired) electrons. The van der Waals surface area contributed by atoms with Gasteiger partial charge in [-0.1, -0.05) is 58.2 Å². The van der Waals surface area contributed by atoms with Crippen molar-refractivity contribution in [2.45, 2.75) is 64.2 Å². The van der Waals surface area contributed by atoms with Crippen LogP contribution in [0.5, 0.6) is 0 Å². The Labute approximate surface area is 176 Å². The number of hydrogen-bond acceptors (Lipinski definition) is 5. The maximum atomic E-state index is 13.0. The summed E-state index contributed by atoms with van der Waals surface area (Å²) in [6.07, 6.45) is 10.7. The molecule has 29 heavy (non-hydrogen) atoms. The van der Waals surface area contributed by atoms with Crippen LogP contribution in [0.25, 0.3) is 0 Å². The van der Waals surface area contributed by atoms with Crippen LogP contribution < -0.4 is 0 Å². The van der Waals surface area contributed by atoms with E-state index in [9.17, 15) is 13.2 Å². The molecule has 0 N–H and O–H groups in total. The zero-order valence-electron chi connectivity index (χ0n) is 18.0. The smallest absolute Gasteiger partial charge is 0.350 e. The van der Waals surface area contributed by atoms with E-state index >= 15 is 0 Å². The predicted molar refractivity (Wildman–Crippen MR) is 118 cm³/mol. The van der Waals surface area contributed by atoms with Crippen molar-refractivity contribution in [3.8, 4) is 0 Å². The third-order valence-corrected chi connectivity index (χ3v) is 6.19.